The Labute approximate surface area is 158 Å². The van der Waals surface area contributed by atoms with E-state index >= 15 is 0 Å². The van der Waals surface area contributed by atoms with Gasteiger partial charge in [0.15, 0.2) is 5.69 Å². The molecule has 0 atom stereocenters. The number of hydrogen-bond acceptors (Lipinski definition) is 4. The molecule has 1 aromatic carbocycles. The number of nitrogens with one attached hydrogen (secondary N) is 1. The topological polar surface area (TPSA) is 70.5 Å². The second-order valence-electron chi connectivity index (χ2n) is 6.38. The van der Waals surface area contributed by atoms with E-state index in [4.69, 9.17) is 0 Å². The summed E-state index contributed by atoms with van der Waals surface area (Å²) in [5.74, 6) is -0.440. The van der Waals surface area contributed by atoms with Crippen LogP contribution < -0.4 is 10.2 Å². The molecule has 0 spiro atoms. The van der Waals surface area contributed by atoms with E-state index < -0.39 is 0 Å². The molecule has 27 heavy (non-hydrogen) atoms. The molecular formula is C20H23N5O2. The van der Waals surface area contributed by atoms with Gasteiger partial charge in [0, 0.05) is 20.1 Å². The van der Waals surface area contributed by atoms with E-state index in [1.807, 2.05) is 23.1 Å². The number of hydrogen-bond donors (Lipinski definition) is 1. The molecule has 140 valence electrons. The van der Waals surface area contributed by atoms with Crippen LogP contribution in [0.25, 0.3) is 0 Å². The molecule has 2 aromatic rings. The van der Waals surface area contributed by atoms with Gasteiger partial charge in [0.2, 0.25) is 5.91 Å². The minimum absolute atomic E-state index is 0.153. The van der Waals surface area contributed by atoms with Crippen LogP contribution >= 0.6 is 0 Å². The average Bonchev–Trinajstić information content (AvgIpc) is 2.83. The second kappa shape index (κ2) is 7.59. The first kappa shape index (κ1) is 18.6. The van der Waals surface area contributed by atoms with Gasteiger partial charge in [0.25, 0.3) is 5.91 Å². The summed E-state index contributed by atoms with van der Waals surface area (Å²) in [5.41, 5.74) is 2.71. The van der Waals surface area contributed by atoms with Crippen LogP contribution in [0, 0.1) is 6.92 Å². The fraction of sp³-hybridized carbons (Fsp3) is 0.250. The largest absolute Gasteiger partial charge is 0.319 e. The monoisotopic (exact) mass is 365 g/mol. The van der Waals surface area contributed by atoms with Crippen LogP contribution in [-0.2, 0) is 11.8 Å². The predicted octanol–water partition coefficient (Wildman–Crippen LogP) is 2.63. The number of aryl methyl sites for hydroxylation is 2. The third kappa shape index (κ3) is 3.41. The lowest BCUT2D eigenvalue weighted by molar-refractivity contribution is -0.118. The predicted molar refractivity (Wildman–Crippen MR) is 106 cm³/mol. The fourth-order valence-electron chi connectivity index (χ4n) is 3.34. The van der Waals surface area contributed by atoms with Gasteiger partial charge >= 0.3 is 0 Å². The highest BCUT2D eigenvalue weighted by Crippen LogP contribution is 2.39. The Kier molecular flexibility index (Phi) is 5.23. The van der Waals surface area contributed by atoms with Crippen molar-refractivity contribution in [1.29, 1.82) is 0 Å². The van der Waals surface area contributed by atoms with Crippen molar-refractivity contribution < 1.29 is 9.59 Å². The molecule has 0 aliphatic carbocycles. The van der Waals surface area contributed by atoms with Crippen molar-refractivity contribution >= 4 is 28.9 Å². The first-order chi connectivity index (χ1) is 13.0. The van der Waals surface area contributed by atoms with Crippen molar-refractivity contribution in [2.45, 2.75) is 6.92 Å². The highest BCUT2D eigenvalue weighted by molar-refractivity contribution is 6.17. The molecule has 0 fully saturated rings. The maximum absolute atomic E-state index is 13.3. The molecule has 7 nitrogen and oxygen atoms in total. The van der Waals surface area contributed by atoms with Crippen LogP contribution in [0.15, 0.2) is 49.6 Å². The number of rotatable bonds is 6. The van der Waals surface area contributed by atoms with E-state index in [0.717, 1.165) is 0 Å². The normalized spacial score (nSPS) is 12.9. The highest BCUT2D eigenvalue weighted by Gasteiger charge is 2.34. The lowest BCUT2D eigenvalue weighted by Crippen LogP contribution is -2.38. The quantitative estimate of drug-likeness (QED) is 0.799. The fourth-order valence-corrected chi connectivity index (χ4v) is 3.34. The van der Waals surface area contributed by atoms with E-state index in [1.165, 1.54) is 4.68 Å². The zero-order chi connectivity index (χ0) is 19.6. The van der Waals surface area contributed by atoms with Crippen LogP contribution in [0.5, 0.6) is 0 Å². The van der Waals surface area contributed by atoms with E-state index in [1.54, 1.807) is 37.1 Å². The lowest BCUT2D eigenvalue weighted by atomic mass is 10.2. The Balaban J connectivity index is 2.11. The van der Waals surface area contributed by atoms with Crippen molar-refractivity contribution in [3.05, 3.63) is 61.0 Å². The molecule has 7 heteroatoms. The second-order valence-corrected chi connectivity index (χ2v) is 6.38. The summed E-state index contributed by atoms with van der Waals surface area (Å²) in [7, 11) is 1.70. The average molecular weight is 365 g/mol. The van der Waals surface area contributed by atoms with Gasteiger partial charge in [-0.25, -0.2) is 0 Å². The van der Waals surface area contributed by atoms with Gasteiger partial charge in [0.1, 0.15) is 5.69 Å². The molecule has 0 unspecified atom stereocenters. The van der Waals surface area contributed by atoms with Crippen LogP contribution in [-0.4, -0.2) is 46.1 Å². The van der Waals surface area contributed by atoms with E-state index in [9.17, 15) is 9.59 Å². The van der Waals surface area contributed by atoms with Crippen molar-refractivity contribution in [2.24, 2.45) is 7.05 Å². The Morgan fingerprint density at radius 1 is 1.26 bits per heavy atom. The first-order valence-corrected chi connectivity index (χ1v) is 8.69. The minimum atomic E-state index is -0.287. The molecule has 1 aliphatic rings. The van der Waals surface area contributed by atoms with Crippen molar-refractivity contribution in [3.63, 3.8) is 0 Å². The van der Waals surface area contributed by atoms with E-state index in [-0.39, 0.29) is 18.4 Å². The molecular weight excluding hydrogens is 342 g/mol. The number of amides is 2. The van der Waals surface area contributed by atoms with Crippen LogP contribution in [0.3, 0.4) is 0 Å². The summed E-state index contributed by atoms with van der Waals surface area (Å²) in [6.07, 6.45) is 3.50. The van der Waals surface area contributed by atoms with E-state index in [2.05, 4.69) is 23.6 Å². The molecule has 3 rings (SSSR count). The number of carbonyl (C=O) groups excluding carboxylic acids is 2. The Hall–Kier alpha value is -3.19. The highest BCUT2D eigenvalue weighted by atomic mass is 16.2. The summed E-state index contributed by atoms with van der Waals surface area (Å²) in [6.45, 7) is 10.6. The van der Waals surface area contributed by atoms with Crippen molar-refractivity contribution in [3.8, 4) is 0 Å². The van der Waals surface area contributed by atoms with Crippen molar-refractivity contribution in [2.75, 3.05) is 29.9 Å². The first-order valence-electron chi connectivity index (χ1n) is 8.69. The number of nitrogens with zero attached hydrogens (tertiary/aromatic N) is 4. The molecule has 1 aliphatic heterocycles. The zero-order valence-corrected chi connectivity index (χ0v) is 15.6. The van der Waals surface area contributed by atoms with Gasteiger partial charge in [-0.1, -0.05) is 24.3 Å². The molecule has 1 N–H and O–H groups in total. The Bertz CT molecular complexity index is 905. The molecule has 2 amide bonds. The van der Waals surface area contributed by atoms with Crippen molar-refractivity contribution in [1.82, 2.24) is 14.7 Å². The molecule has 1 aromatic heterocycles. The number of fused-ring (bicyclic) bond motifs is 2. The summed E-state index contributed by atoms with van der Waals surface area (Å²) in [6, 6.07) is 7.27. The number of benzene rings is 1. The van der Waals surface area contributed by atoms with Crippen LogP contribution in [0.4, 0.5) is 17.1 Å². The van der Waals surface area contributed by atoms with Gasteiger partial charge in [0.05, 0.1) is 23.6 Å². The van der Waals surface area contributed by atoms with Gasteiger partial charge in [-0.3, -0.25) is 24.1 Å². The Morgan fingerprint density at radius 2 is 1.93 bits per heavy atom. The summed E-state index contributed by atoms with van der Waals surface area (Å²) < 4.78 is 1.51. The smallest absolute Gasteiger partial charge is 0.276 e. The minimum Gasteiger partial charge on any atom is -0.319 e. The maximum atomic E-state index is 13.3. The molecule has 0 saturated heterocycles. The summed E-state index contributed by atoms with van der Waals surface area (Å²) >= 11 is 0. The number of carbonyl (C=O) groups is 2. The standard InChI is InChI=1S/C20H23N5O2/c1-5-11-24(12-6-2)13-17(26)25-16-10-8-7-9-15(16)21-20(27)19-18(25)14(3)22-23(19)4/h5-10H,1-2,11-13H2,3-4H3,(H,21,27). The number of aromatic nitrogens is 2. The van der Waals surface area contributed by atoms with Gasteiger partial charge in [-0.15, -0.1) is 13.2 Å². The molecule has 0 saturated carbocycles. The van der Waals surface area contributed by atoms with Crippen LogP contribution in [0.2, 0.25) is 0 Å². The number of anilines is 3. The third-order valence-electron chi connectivity index (χ3n) is 4.41. The van der Waals surface area contributed by atoms with Crippen LogP contribution in [0.1, 0.15) is 16.2 Å². The molecule has 0 radical (unpaired) electrons. The molecule has 2 heterocycles. The SMILES string of the molecule is C=CCN(CC=C)CC(=O)N1c2ccccc2NC(=O)c2c1c(C)nn2C. The summed E-state index contributed by atoms with van der Waals surface area (Å²) in [4.78, 5) is 29.6. The Morgan fingerprint density at radius 3 is 2.59 bits per heavy atom. The lowest BCUT2D eigenvalue weighted by Gasteiger charge is -2.26. The number of para-hydroxylation sites is 2. The zero-order valence-electron chi connectivity index (χ0n) is 15.6. The summed E-state index contributed by atoms with van der Waals surface area (Å²) in [5, 5.41) is 7.24. The molecule has 0 bridgehead atoms. The van der Waals surface area contributed by atoms with Gasteiger partial charge in [-0.2, -0.15) is 5.10 Å². The maximum Gasteiger partial charge on any atom is 0.276 e. The van der Waals surface area contributed by atoms with Gasteiger partial charge in [-0.05, 0) is 19.1 Å². The third-order valence-corrected chi connectivity index (χ3v) is 4.41. The van der Waals surface area contributed by atoms with E-state index in [0.29, 0.717) is 41.5 Å². The van der Waals surface area contributed by atoms with Gasteiger partial charge < -0.3 is 5.32 Å².